The molecule has 2 rings (SSSR count). The molecule has 0 aliphatic rings. The van der Waals surface area contributed by atoms with Gasteiger partial charge in [0, 0.05) is 15.6 Å². The summed E-state index contributed by atoms with van der Waals surface area (Å²) in [4.78, 5) is 0. The van der Waals surface area contributed by atoms with E-state index in [1.807, 2.05) is 0 Å². The van der Waals surface area contributed by atoms with Crippen LogP contribution in [0.4, 0.5) is 0 Å². The lowest BCUT2D eigenvalue weighted by atomic mass is 9.85. The summed E-state index contributed by atoms with van der Waals surface area (Å²) in [7, 11) is 0. The highest BCUT2D eigenvalue weighted by molar-refractivity contribution is 6.68. The van der Waals surface area contributed by atoms with Crippen LogP contribution in [-0.2, 0) is 5.60 Å². The second-order valence-corrected chi connectivity index (χ2v) is 8.50. The molecule has 23 heavy (non-hydrogen) atoms. The highest BCUT2D eigenvalue weighted by Gasteiger charge is 2.52. The van der Waals surface area contributed by atoms with Gasteiger partial charge in [0.25, 0.3) is 0 Å². The van der Waals surface area contributed by atoms with Crippen molar-refractivity contribution in [2.45, 2.75) is 23.2 Å². The zero-order chi connectivity index (χ0) is 17.6. The molecular formula is C16H13Cl5O2. The van der Waals surface area contributed by atoms with Crippen LogP contribution < -0.4 is 0 Å². The summed E-state index contributed by atoms with van der Waals surface area (Å²) in [5.41, 5.74) is -0.714. The molecule has 2 N–H and O–H groups in total. The van der Waals surface area contributed by atoms with Gasteiger partial charge in [-0.3, -0.25) is 0 Å². The quantitative estimate of drug-likeness (QED) is 0.599. The Bertz CT molecular complexity index is 735. The first kappa shape index (κ1) is 19.0. The Kier molecular flexibility index (Phi) is 5.37. The van der Waals surface area contributed by atoms with Crippen LogP contribution in [0.2, 0.25) is 10.0 Å². The Morgan fingerprint density at radius 1 is 0.870 bits per heavy atom. The van der Waals surface area contributed by atoms with Crippen molar-refractivity contribution in [3.05, 3.63) is 62.6 Å². The van der Waals surface area contributed by atoms with Crippen molar-refractivity contribution in [3.63, 3.8) is 0 Å². The van der Waals surface area contributed by atoms with Crippen LogP contribution in [0.5, 0.6) is 5.75 Å². The number of rotatable bonds is 2. The van der Waals surface area contributed by atoms with E-state index in [1.54, 1.807) is 32.0 Å². The van der Waals surface area contributed by atoms with Gasteiger partial charge in [-0.15, -0.1) is 0 Å². The molecule has 0 aliphatic carbocycles. The lowest BCUT2D eigenvalue weighted by Gasteiger charge is -2.36. The summed E-state index contributed by atoms with van der Waals surface area (Å²) in [6.07, 6.45) is 0. The van der Waals surface area contributed by atoms with E-state index in [9.17, 15) is 10.2 Å². The molecule has 0 heterocycles. The molecule has 7 heteroatoms. The van der Waals surface area contributed by atoms with E-state index in [2.05, 4.69) is 0 Å². The van der Waals surface area contributed by atoms with Gasteiger partial charge in [-0.05, 0) is 54.8 Å². The molecule has 1 unspecified atom stereocenters. The average molecular weight is 415 g/mol. The molecule has 0 amide bonds. The lowest BCUT2D eigenvalue weighted by Crippen LogP contribution is -2.41. The molecule has 2 nitrogen and oxygen atoms in total. The first-order valence-electron chi connectivity index (χ1n) is 6.53. The third-order valence-corrected chi connectivity index (χ3v) is 4.78. The minimum Gasteiger partial charge on any atom is -0.507 e. The number of hydrogen-bond acceptors (Lipinski definition) is 2. The standard InChI is InChI=1S/C16H13Cl5O2/c1-8-3-10(6-11(17)4-8)15(23,16(19,20)21)13-7-12(18)5-9(2)14(13)22/h3-7,22-23H,1-2H3. The van der Waals surface area contributed by atoms with Crippen molar-refractivity contribution in [1.29, 1.82) is 0 Å². The van der Waals surface area contributed by atoms with Crippen LogP contribution in [-0.4, -0.2) is 14.0 Å². The topological polar surface area (TPSA) is 40.5 Å². The maximum Gasteiger partial charge on any atom is 0.227 e. The summed E-state index contributed by atoms with van der Waals surface area (Å²) >= 11 is 30.3. The van der Waals surface area contributed by atoms with Gasteiger partial charge in [-0.1, -0.05) is 64.1 Å². The Labute approximate surface area is 159 Å². The SMILES string of the molecule is Cc1cc(Cl)cc(C(O)(c2cc(Cl)cc(C)c2O)C(Cl)(Cl)Cl)c1. The van der Waals surface area contributed by atoms with Crippen molar-refractivity contribution in [2.24, 2.45) is 0 Å². The molecule has 0 fully saturated rings. The molecule has 0 bridgehead atoms. The monoisotopic (exact) mass is 412 g/mol. The number of alkyl halides is 3. The molecule has 1 atom stereocenters. The summed E-state index contributed by atoms with van der Waals surface area (Å²) in [5, 5.41) is 22.3. The predicted octanol–water partition coefficient (Wildman–Crippen LogP) is 5.92. The van der Waals surface area contributed by atoms with E-state index in [4.69, 9.17) is 58.0 Å². The van der Waals surface area contributed by atoms with Crippen LogP contribution in [0.25, 0.3) is 0 Å². The molecule has 0 spiro atoms. The summed E-state index contributed by atoms with van der Waals surface area (Å²) in [5.74, 6) is -0.208. The average Bonchev–Trinajstić information content (AvgIpc) is 2.39. The number of aromatic hydroxyl groups is 1. The second kappa shape index (κ2) is 6.51. The molecule has 2 aromatic rings. The molecule has 2 aromatic carbocycles. The fourth-order valence-corrected chi connectivity index (χ4v) is 3.62. The van der Waals surface area contributed by atoms with Crippen LogP contribution in [0, 0.1) is 13.8 Å². The van der Waals surface area contributed by atoms with E-state index in [0.717, 1.165) is 5.56 Å². The number of aliphatic hydroxyl groups is 1. The number of aryl methyl sites for hydroxylation is 2. The Balaban J connectivity index is 2.86. The van der Waals surface area contributed by atoms with Crippen LogP contribution in [0.15, 0.2) is 30.3 Å². The van der Waals surface area contributed by atoms with Gasteiger partial charge in [0.2, 0.25) is 3.79 Å². The summed E-state index contributed by atoms with van der Waals surface area (Å²) < 4.78 is -2.18. The van der Waals surface area contributed by atoms with Gasteiger partial charge in [0.05, 0.1) is 0 Å². The van der Waals surface area contributed by atoms with E-state index in [1.165, 1.54) is 12.1 Å². The van der Waals surface area contributed by atoms with Gasteiger partial charge < -0.3 is 10.2 Å². The van der Waals surface area contributed by atoms with E-state index >= 15 is 0 Å². The first-order chi connectivity index (χ1) is 10.5. The number of phenols is 1. The smallest absolute Gasteiger partial charge is 0.227 e. The predicted molar refractivity (Wildman–Crippen MR) is 97.3 cm³/mol. The van der Waals surface area contributed by atoms with Crippen LogP contribution >= 0.6 is 58.0 Å². The zero-order valence-corrected chi connectivity index (χ0v) is 16.0. The molecule has 0 saturated carbocycles. The Morgan fingerprint density at radius 2 is 1.43 bits per heavy atom. The van der Waals surface area contributed by atoms with Crippen molar-refractivity contribution in [1.82, 2.24) is 0 Å². The van der Waals surface area contributed by atoms with Crippen molar-refractivity contribution in [3.8, 4) is 5.75 Å². The van der Waals surface area contributed by atoms with Crippen LogP contribution in [0.1, 0.15) is 22.3 Å². The van der Waals surface area contributed by atoms with Gasteiger partial charge in [-0.2, -0.15) is 0 Å². The number of hydrogen-bond donors (Lipinski definition) is 2. The molecule has 0 radical (unpaired) electrons. The van der Waals surface area contributed by atoms with Crippen molar-refractivity contribution in [2.75, 3.05) is 0 Å². The normalized spacial score (nSPS) is 14.6. The third-order valence-electron chi connectivity index (χ3n) is 3.53. The van der Waals surface area contributed by atoms with Gasteiger partial charge >= 0.3 is 0 Å². The highest BCUT2D eigenvalue weighted by atomic mass is 35.6. The molecule has 0 aliphatic heterocycles. The largest absolute Gasteiger partial charge is 0.507 e. The van der Waals surface area contributed by atoms with E-state index < -0.39 is 9.39 Å². The Morgan fingerprint density at radius 3 is 1.96 bits per heavy atom. The molecule has 124 valence electrons. The van der Waals surface area contributed by atoms with Gasteiger partial charge in [0.1, 0.15) is 5.75 Å². The van der Waals surface area contributed by atoms with Gasteiger partial charge in [-0.25, -0.2) is 0 Å². The minimum absolute atomic E-state index is 0.0100. The fraction of sp³-hybridized carbons (Fsp3) is 0.250. The van der Waals surface area contributed by atoms with E-state index in [0.29, 0.717) is 15.6 Å². The number of benzene rings is 2. The third kappa shape index (κ3) is 3.53. The molecular weight excluding hydrogens is 401 g/mol. The fourth-order valence-electron chi connectivity index (χ4n) is 2.43. The summed E-state index contributed by atoms with van der Waals surface area (Å²) in [6, 6.07) is 7.72. The van der Waals surface area contributed by atoms with Gasteiger partial charge in [0.15, 0.2) is 5.60 Å². The second-order valence-electron chi connectivity index (χ2n) is 5.34. The van der Waals surface area contributed by atoms with Crippen molar-refractivity contribution >= 4 is 58.0 Å². The Hall–Kier alpha value is -0.350. The highest BCUT2D eigenvalue weighted by Crippen LogP contribution is 2.52. The maximum absolute atomic E-state index is 11.3. The van der Waals surface area contributed by atoms with E-state index in [-0.39, 0.29) is 16.9 Å². The lowest BCUT2D eigenvalue weighted by molar-refractivity contribution is 0.0820. The minimum atomic E-state index is -2.18. The molecule has 0 aromatic heterocycles. The maximum atomic E-state index is 11.3. The first-order valence-corrected chi connectivity index (χ1v) is 8.42. The zero-order valence-electron chi connectivity index (χ0n) is 12.2. The number of halogens is 5. The summed E-state index contributed by atoms with van der Waals surface area (Å²) in [6.45, 7) is 3.42. The number of phenolic OH excluding ortho intramolecular Hbond substituents is 1. The van der Waals surface area contributed by atoms with Crippen LogP contribution in [0.3, 0.4) is 0 Å². The molecule has 0 saturated heterocycles. The van der Waals surface area contributed by atoms with Crippen molar-refractivity contribution < 1.29 is 10.2 Å².